The molecule has 2 atom stereocenters. The first-order valence-electron chi connectivity index (χ1n) is 11.2. The van der Waals surface area contributed by atoms with Gasteiger partial charge in [-0.3, -0.25) is 0 Å². The van der Waals surface area contributed by atoms with E-state index in [2.05, 4.69) is 58.5 Å². The molecule has 2 saturated heterocycles. The molecule has 0 saturated carbocycles. The van der Waals surface area contributed by atoms with E-state index in [0.717, 1.165) is 61.8 Å². The Balaban J connectivity index is 1.16. The molecular formula is C24H36N6. The topological polar surface area (TPSA) is 82.6 Å². The number of benzene rings is 2. The minimum absolute atomic E-state index is 0.558. The van der Waals surface area contributed by atoms with Crippen molar-refractivity contribution in [2.24, 2.45) is 0 Å². The van der Waals surface area contributed by atoms with Gasteiger partial charge in [-0.2, -0.15) is 0 Å². The maximum absolute atomic E-state index is 5.96. The van der Waals surface area contributed by atoms with Gasteiger partial charge < -0.3 is 31.9 Å². The summed E-state index contributed by atoms with van der Waals surface area (Å²) in [7, 11) is 0. The zero-order chi connectivity index (χ0) is 21.1. The van der Waals surface area contributed by atoms with Gasteiger partial charge >= 0.3 is 0 Å². The normalized spacial score (nSPS) is 21.5. The Kier molecular flexibility index (Phi) is 6.35. The highest BCUT2D eigenvalue weighted by atomic mass is 15.2. The summed E-state index contributed by atoms with van der Waals surface area (Å²) in [6, 6.07) is 13.8. The number of nitrogens with zero attached hydrogens (tertiary/aromatic N) is 2. The highest BCUT2D eigenvalue weighted by molar-refractivity contribution is 5.59. The van der Waals surface area contributed by atoms with Crippen LogP contribution in [-0.4, -0.2) is 51.4 Å². The summed E-state index contributed by atoms with van der Waals surface area (Å²) in [6.07, 6.45) is 2.38. The van der Waals surface area contributed by atoms with Gasteiger partial charge in [0.15, 0.2) is 0 Å². The Hall–Kier alpha value is -2.44. The molecule has 6 nitrogen and oxygen atoms in total. The third kappa shape index (κ3) is 4.82. The molecule has 2 aliphatic heterocycles. The van der Waals surface area contributed by atoms with E-state index >= 15 is 0 Å². The quantitative estimate of drug-likeness (QED) is 0.416. The average molecular weight is 409 g/mol. The van der Waals surface area contributed by atoms with Gasteiger partial charge in [0, 0.05) is 74.1 Å². The van der Waals surface area contributed by atoms with Crippen LogP contribution in [0.2, 0.25) is 0 Å². The van der Waals surface area contributed by atoms with Crippen molar-refractivity contribution in [3.05, 3.63) is 47.5 Å². The van der Waals surface area contributed by atoms with Crippen molar-refractivity contribution >= 4 is 22.7 Å². The van der Waals surface area contributed by atoms with E-state index in [0.29, 0.717) is 12.1 Å². The van der Waals surface area contributed by atoms with Gasteiger partial charge in [-0.15, -0.1) is 0 Å². The van der Waals surface area contributed by atoms with Crippen LogP contribution in [-0.2, 0) is 0 Å². The molecule has 2 aromatic rings. The van der Waals surface area contributed by atoms with Crippen LogP contribution in [0.5, 0.6) is 0 Å². The van der Waals surface area contributed by atoms with Crippen LogP contribution < -0.4 is 31.9 Å². The Morgan fingerprint density at radius 1 is 0.767 bits per heavy atom. The van der Waals surface area contributed by atoms with E-state index in [1.54, 1.807) is 0 Å². The van der Waals surface area contributed by atoms with E-state index in [1.165, 1.54) is 24.2 Å². The van der Waals surface area contributed by atoms with Crippen LogP contribution in [0.3, 0.4) is 0 Å². The van der Waals surface area contributed by atoms with Gasteiger partial charge in [0.05, 0.1) is 0 Å². The molecule has 4 rings (SSSR count). The van der Waals surface area contributed by atoms with E-state index in [1.807, 2.05) is 12.1 Å². The monoisotopic (exact) mass is 408 g/mol. The number of anilines is 4. The van der Waals surface area contributed by atoms with Crippen molar-refractivity contribution in [2.45, 2.75) is 38.8 Å². The van der Waals surface area contributed by atoms with E-state index < -0.39 is 0 Å². The fourth-order valence-corrected chi connectivity index (χ4v) is 4.59. The number of hydrogen-bond donors (Lipinski definition) is 4. The van der Waals surface area contributed by atoms with Gasteiger partial charge in [-0.1, -0.05) is 0 Å². The molecule has 0 radical (unpaired) electrons. The molecule has 0 aliphatic carbocycles. The smallest absolute Gasteiger partial charge is 0.0370 e. The van der Waals surface area contributed by atoms with Crippen LogP contribution in [0.15, 0.2) is 36.4 Å². The molecule has 162 valence electrons. The first-order valence-corrected chi connectivity index (χ1v) is 11.2. The highest BCUT2D eigenvalue weighted by Crippen LogP contribution is 2.25. The standard InChI is InChI=1S/C24H36N6/c1-17-13-21(3-5-23(17)25)29-11-7-19(15-29)27-9-10-28-20-8-12-30(16-20)22-4-6-24(26)18(2)14-22/h3-6,13-14,19-20,27-28H,7-12,15-16,25-26H2,1-2H3. The lowest BCUT2D eigenvalue weighted by Crippen LogP contribution is -2.40. The van der Waals surface area contributed by atoms with Crippen molar-refractivity contribution < 1.29 is 0 Å². The van der Waals surface area contributed by atoms with Gasteiger partial charge in [0.2, 0.25) is 0 Å². The van der Waals surface area contributed by atoms with Crippen molar-refractivity contribution in [3.8, 4) is 0 Å². The molecule has 2 unspecified atom stereocenters. The summed E-state index contributed by atoms with van der Waals surface area (Å²) in [6.45, 7) is 10.5. The van der Waals surface area contributed by atoms with Crippen molar-refractivity contribution in [2.75, 3.05) is 60.5 Å². The molecule has 2 aliphatic rings. The summed E-state index contributed by atoms with van der Waals surface area (Å²) >= 11 is 0. The number of nitrogen functional groups attached to an aromatic ring is 2. The fourth-order valence-electron chi connectivity index (χ4n) is 4.59. The first kappa shape index (κ1) is 20.8. The average Bonchev–Trinajstić information content (AvgIpc) is 3.39. The van der Waals surface area contributed by atoms with Crippen molar-refractivity contribution in [1.29, 1.82) is 0 Å². The van der Waals surface area contributed by atoms with Crippen LogP contribution in [0.25, 0.3) is 0 Å². The molecule has 30 heavy (non-hydrogen) atoms. The molecule has 6 N–H and O–H groups in total. The lowest BCUT2D eigenvalue weighted by molar-refractivity contribution is 0.495. The summed E-state index contributed by atoms with van der Waals surface area (Å²) in [4.78, 5) is 4.92. The molecule has 0 spiro atoms. The summed E-state index contributed by atoms with van der Waals surface area (Å²) in [5.74, 6) is 0. The van der Waals surface area contributed by atoms with Gasteiger partial charge in [0.25, 0.3) is 0 Å². The Labute approximate surface area is 180 Å². The van der Waals surface area contributed by atoms with Gasteiger partial charge in [0.1, 0.15) is 0 Å². The molecule has 0 bridgehead atoms. The lowest BCUT2D eigenvalue weighted by atomic mass is 10.2. The maximum Gasteiger partial charge on any atom is 0.0370 e. The second kappa shape index (κ2) is 9.14. The predicted molar refractivity (Wildman–Crippen MR) is 128 cm³/mol. The predicted octanol–water partition coefficient (Wildman–Crippen LogP) is 2.50. The molecule has 6 heteroatoms. The van der Waals surface area contributed by atoms with Crippen molar-refractivity contribution in [3.63, 3.8) is 0 Å². The summed E-state index contributed by atoms with van der Waals surface area (Å²) in [5, 5.41) is 7.46. The number of rotatable bonds is 7. The fraction of sp³-hybridized carbons (Fsp3) is 0.500. The summed E-state index contributed by atoms with van der Waals surface area (Å²) < 4.78 is 0. The van der Waals surface area contributed by atoms with Crippen molar-refractivity contribution in [1.82, 2.24) is 10.6 Å². The van der Waals surface area contributed by atoms with Crippen LogP contribution in [0.4, 0.5) is 22.7 Å². The van der Waals surface area contributed by atoms with Crippen LogP contribution in [0, 0.1) is 13.8 Å². The Bertz CT molecular complexity index is 795. The Morgan fingerprint density at radius 2 is 1.20 bits per heavy atom. The van der Waals surface area contributed by atoms with E-state index in [4.69, 9.17) is 11.5 Å². The van der Waals surface area contributed by atoms with E-state index in [9.17, 15) is 0 Å². The second-order valence-electron chi connectivity index (χ2n) is 8.85. The molecular weight excluding hydrogens is 372 g/mol. The van der Waals surface area contributed by atoms with Crippen LogP contribution in [0.1, 0.15) is 24.0 Å². The number of aryl methyl sites for hydroxylation is 2. The molecule has 2 fully saturated rings. The zero-order valence-electron chi connectivity index (χ0n) is 18.3. The number of nitrogens with one attached hydrogen (secondary N) is 2. The summed E-state index contributed by atoms with van der Waals surface area (Å²) in [5.41, 5.74) is 18.5. The number of nitrogens with two attached hydrogens (primary N) is 2. The Morgan fingerprint density at radius 3 is 1.60 bits per heavy atom. The highest BCUT2D eigenvalue weighted by Gasteiger charge is 2.24. The third-order valence-electron chi connectivity index (χ3n) is 6.60. The minimum atomic E-state index is 0.558. The molecule has 0 amide bonds. The zero-order valence-corrected chi connectivity index (χ0v) is 18.3. The largest absolute Gasteiger partial charge is 0.399 e. The first-order chi connectivity index (χ1) is 14.5. The maximum atomic E-state index is 5.96. The van der Waals surface area contributed by atoms with E-state index in [-0.39, 0.29) is 0 Å². The third-order valence-corrected chi connectivity index (χ3v) is 6.60. The lowest BCUT2D eigenvalue weighted by Gasteiger charge is -2.21. The van der Waals surface area contributed by atoms with Gasteiger partial charge in [-0.25, -0.2) is 0 Å². The molecule has 2 aromatic carbocycles. The van der Waals surface area contributed by atoms with Crippen LogP contribution >= 0.6 is 0 Å². The minimum Gasteiger partial charge on any atom is -0.399 e. The molecule has 0 aromatic heterocycles. The SMILES string of the molecule is Cc1cc(N2CCC(NCCNC3CCN(c4ccc(N)c(C)c4)C3)C2)ccc1N. The number of hydrogen-bond acceptors (Lipinski definition) is 6. The molecule has 2 heterocycles. The second-order valence-corrected chi connectivity index (χ2v) is 8.85. The van der Waals surface area contributed by atoms with Gasteiger partial charge in [-0.05, 0) is 74.2 Å².